The third-order valence-corrected chi connectivity index (χ3v) is 3.59. The van der Waals surface area contributed by atoms with Crippen LogP contribution in [0, 0.1) is 13.8 Å². The van der Waals surface area contributed by atoms with Crippen molar-refractivity contribution in [3.63, 3.8) is 0 Å². The summed E-state index contributed by atoms with van der Waals surface area (Å²) in [7, 11) is 0. The van der Waals surface area contributed by atoms with E-state index >= 15 is 0 Å². The lowest BCUT2D eigenvalue weighted by atomic mass is 10.1. The molecule has 0 unspecified atom stereocenters. The first-order valence-corrected chi connectivity index (χ1v) is 6.57. The largest absolute Gasteiger partial charge is 0.489 e. The molecule has 0 spiro atoms. The number of rotatable bonds is 4. The number of carboxylic acids is 1. The predicted octanol–water partition coefficient (Wildman–Crippen LogP) is 4.23. The third-order valence-electron chi connectivity index (χ3n) is 2.99. The number of ether oxygens (including phenoxy) is 1. The molecular weight excluding hydrogens is 276 g/mol. The van der Waals surface area contributed by atoms with Gasteiger partial charge in [0.05, 0.1) is 5.56 Å². The number of carbonyl (C=O) groups is 1. The maximum absolute atomic E-state index is 10.9. The van der Waals surface area contributed by atoms with Crippen molar-refractivity contribution >= 4 is 17.6 Å². The lowest BCUT2D eigenvalue weighted by Gasteiger charge is -2.10. The molecule has 1 N–H and O–H groups in total. The Kier molecular flexibility index (Phi) is 4.30. The number of benzene rings is 2. The summed E-state index contributed by atoms with van der Waals surface area (Å²) in [5.41, 5.74) is 2.99. The lowest BCUT2D eigenvalue weighted by molar-refractivity contribution is 0.0696. The maximum atomic E-state index is 10.9. The van der Waals surface area contributed by atoms with Crippen LogP contribution in [0.25, 0.3) is 0 Å². The molecule has 0 fully saturated rings. The number of aromatic carboxylic acids is 1. The van der Waals surface area contributed by atoms with E-state index in [4.69, 9.17) is 21.4 Å². The average molecular weight is 291 g/mol. The van der Waals surface area contributed by atoms with E-state index in [-0.39, 0.29) is 5.56 Å². The number of hydrogen-bond donors (Lipinski definition) is 1. The molecule has 0 heterocycles. The second-order valence-corrected chi connectivity index (χ2v) is 5.04. The van der Waals surface area contributed by atoms with Gasteiger partial charge in [-0.2, -0.15) is 0 Å². The van der Waals surface area contributed by atoms with Crippen molar-refractivity contribution in [2.45, 2.75) is 20.5 Å². The number of carboxylic acid groups (broad SMARTS) is 1. The normalized spacial score (nSPS) is 10.3. The van der Waals surface area contributed by atoms with Crippen LogP contribution in [0.5, 0.6) is 5.75 Å². The van der Waals surface area contributed by atoms with E-state index in [1.165, 1.54) is 0 Å². The topological polar surface area (TPSA) is 46.5 Å². The summed E-state index contributed by atoms with van der Waals surface area (Å²) >= 11 is 6.10. The van der Waals surface area contributed by atoms with Crippen LogP contribution in [0.2, 0.25) is 5.02 Å². The summed E-state index contributed by atoms with van der Waals surface area (Å²) < 4.78 is 5.69. The van der Waals surface area contributed by atoms with Crippen LogP contribution in [0.1, 0.15) is 27.0 Å². The highest BCUT2D eigenvalue weighted by atomic mass is 35.5. The molecule has 4 heteroatoms. The zero-order chi connectivity index (χ0) is 14.7. The van der Waals surface area contributed by atoms with E-state index < -0.39 is 5.97 Å². The van der Waals surface area contributed by atoms with Crippen LogP contribution >= 0.6 is 11.6 Å². The molecule has 0 atom stereocenters. The molecule has 0 bridgehead atoms. The Morgan fingerprint density at radius 1 is 1.20 bits per heavy atom. The van der Waals surface area contributed by atoms with Gasteiger partial charge in [0.15, 0.2) is 0 Å². The number of halogens is 1. The van der Waals surface area contributed by atoms with Gasteiger partial charge in [-0.1, -0.05) is 23.7 Å². The lowest BCUT2D eigenvalue weighted by Crippen LogP contribution is -2.00. The van der Waals surface area contributed by atoms with Gasteiger partial charge in [-0.15, -0.1) is 0 Å². The molecule has 2 rings (SSSR count). The smallest absolute Gasteiger partial charge is 0.335 e. The van der Waals surface area contributed by atoms with E-state index in [9.17, 15) is 4.79 Å². The summed E-state index contributed by atoms with van der Waals surface area (Å²) in [6, 6.07) is 10.5. The van der Waals surface area contributed by atoms with E-state index in [2.05, 4.69) is 0 Å². The maximum Gasteiger partial charge on any atom is 0.335 e. The minimum atomic E-state index is -0.940. The minimum Gasteiger partial charge on any atom is -0.489 e. The van der Waals surface area contributed by atoms with Crippen LogP contribution in [-0.4, -0.2) is 11.1 Å². The molecule has 20 heavy (non-hydrogen) atoms. The highest BCUT2D eigenvalue weighted by Crippen LogP contribution is 2.26. The fourth-order valence-corrected chi connectivity index (χ4v) is 2.06. The van der Waals surface area contributed by atoms with E-state index in [0.717, 1.165) is 27.5 Å². The molecule has 104 valence electrons. The van der Waals surface area contributed by atoms with Gasteiger partial charge in [0.1, 0.15) is 12.4 Å². The molecule has 0 saturated heterocycles. The molecule has 3 nitrogen and oxygen atoms in total. The second kappa shape index (κ2) is 5.97. The van der Waals surface area contributed by atoms with E-state index in [1.807, 2.05) is 32.0 Å². The van der Waals surface area contributed by atoms with Gasteiger partial charge in [0.25, 0.3) is 0 Å². The fraction of sp³-hybridized carbons (Fsp3) is 0.188. The molecule has 2 aromatic carbocycles. The Bertz CT molecular complexity index is 627. The molecule has 0 amide bonds. The summed E-state index contributed by atoms with van der Waals surface area (Å²) in [5.74, 6) is -0.213. The molecule has 0 radical (unpaired) electrons. The Balaban J connectivity index is 2.13. The van der Waals surface area contributed by atoms with E-state index in [0.29, 0.717) is 6.61 Å². The molecule has 0 saturated carbocycles. The van der Waals surface area contributed by atoms with Crippen molar-refractivity contribution in [2.24, 2.45) is 0 Å². The molecular formula is C16H15ClO3. The summed E-state index contributed by atoms with van der Waals surface area (Å²) in [6.07, 6.45) is 0. The molecule has 0 aliphatic heterocycles. The Labute approximate surface area is 122 Å². The van der Waals surface area contributed by atoms with Gasteiger partial charge >= 0.3 is 5.97 Å². The highest BCUT2D eigenvalue weighted by molar-refractivity contribution is 6.32. The second-order valence-electron chi connectivity index (χ2n) is 4.67. The monoisotopic (exact) mass is 290 g/mol. The Hall–Kier alpha value is -2.00. The molecule has 2 aromatic rings. The van der Waals surface area contributed by atoms with Crippen molar-refractivity contribution in [3.8, 4) is 5.75 Å². The van der Waals surface area contributed by atoms with E-state index in [1.54, 1.807) is 18.2 Å². The van der Waals surface area contributed by atoms with Crippen LogP contribution in [0.4, 0.5) is 0 Å². The Morgan fingerprint density at radius 3 is 2.45 bits per heavy atom. The van der Waals surface area contributed by atoms with Gasteiger partial charge in [0, 0.05) is 5.02 Å². The SMILES string of the molecule is Cc1cc(OCc2cccc(C(=O)O)c2)cc(C)c1Cl. The van der Waals surface area contributed by atoms with Crippen LogP contribution < -0.4 is 4.74 Å². The quantitative estimate of drug-likeness (QED) is 0.916. The predicted molar refractivity (Wildman–Crippen MR) is 78.7 cm³/mol. The number of aryl methyl sites for hydroxylation is 2. The first kappa shape index (κ1) is 14.4. The zero-order valence-corrected chi connectivity index (χ0v) is 12.1. The van der Waals surface area contributed by atoms with Crippen molar-refractivity contribution in [3.05, 3.63) is 63.7 Å². The van der Waals surface area contributed by atoms with Crippen molar-refractivity contribution in [1.29, 1.82) is 0 Å². The van der Waals surface area contributed by atoms with Crippen molar-refractivity contribution in [1.82, 2.24) is 0 Å². The molecule has 0 aliphatic rings. The number of hydrogen-bond acceptors (Lipinski definition) is 2. The summed E-state index contributed by atoms with van der Waals surface area (Å²) in [6.45, 7) is 4.17. The highest BCUT2D eigenvalue weighted by Gasteiger charge is 2.06. The van der Waals surface area contributed by atoms with Crippen LogP contribution in [0.3, 0.4) is 0 Å². The molecule has 0 aromatic heterocycles. The van der Waals surface area contributed by atoms with Crippen LogP contribution in [-0.2, 0) is 6.61 Å². The zero-order valence-electron chi connectivity index (χ0n) is 11.3. The van der Waals surface area contributed by atoms with Gasteiger partial charge in [-0.05, 0) is 54.8 Å². The molecule has 0 aliphatic carbocycles. The standard InChI is InChI=1S/C16H15ClO3/c1-10-6-14(7-11(2)15(10)17)20-9-12-4-3-5-13(8-12)16(18)19/h3-8H,9H2,1-2H3,(H,18,19). The summed E-state index contributed by atoms with van der Waals surface area (Å²) in [4.78, 5) is 10.9. The average Bonchev–Trinajstić information content (AvgIpc) is 2.42. The van der Waals surface area contributed by atoms with Crippen LogP contribution in [0.15, 0.2) is 36.4 Å². The first-order valence-electron chi connectivity index (χ1n) is 6.19. The van der Waals surface area contributed by atoms with Crippen molar-refractivity contribution in [2.75, 3.05) is 0 Å². The van der Waals surface area contributed by atoms with Gasteiger partial charge in [-0.25, -0.2) is 4.79 Å². The fourth-order valence-electron chi connectivity index (χ4n) is 1.95. The van der Waals surface area contributed by atoms with Gasteiger partial charge in [0.2, 0.25) is 0 Å². The minimum absolute atomic E-state index is 0.259. The first-order chi connectivity index (χ1) is 9.47. The van der Waals surface area contributed by atoms with Crippen molar-refractivity contribution < 1.29 is 14.6 Å². The summed E-state index contributed by atoms with van der Waals surface area (Å²) in [5, 5.41) is 9.68. The Morgan fingerprint density at radius 2 is 1.85 bits per heavy atom. The van der Waals surface area contributed by atoms with Gasteiger partial charge < -0.3 is 9.84 Å². The van der Waals surface area contributed by atoms with Gasteiger partial charge in [-0.3, -0.25) is 0 Å². The third kappa shape index (κ3) is 3.31.